The molecule has 0 aromatic heterocycles. The van der Waals surface area contributed by atoms with Crippen LogP contribution in [0, 0.1) is 0 Å². The number of carboxylic acids is 1. The second-order valence-corrected chi connectivity index (χ2v) is 6.10. The van der Waals surface area contributed by atoms with E-state index in [0.717, 1.165) is 11.3 Å². The van der Waals surface area contributed by atoms with Gasteiger partial charge in [-0.15, -0.1) is 0 Å². The van der Waals surface area contributed by atoms with Crippen LogP contribution >= 0.6 is 0 Å². The number of rotatable bonds is 5. The van der Waals surface area contributed by atoms with E-state index in [4.69, 9.17) is 9.84 Å². The number of likely N-dealkylation sites (tertiary alicyclic amines) is 1. The molecular weight excluding hydrogens is 298 g/mol. The number of ether oxygens (including phenoxy) is 1. The summed E-state index contributed by atoms with van der Waals surface area (Å²) in [4.78, 5) is 25.0. The van der Waals surface area contributed by atoms with Crippen molar-refractivity contribution >= 4 is 11.9 Å². The number of aliphatic carboxylic acids is 1. The van der Waals surface area contributed by atoms with Crippen LogP contribution < -0.4 is 4.74 Å². The molecule has 1 aliphatic rings. The van der Waals surface area contributed by atoms with Crippen LogP contribution in [-0.4, -0.2) is 52.8 Å². The van der Waals surface area contributed by atoms with Gasteiger partial charge in [0.1, 0.15) is 5.75 Å². The number of hydrogen-bond donors (Lipinski definition) is 2. The molecule has 1 fully saturated rings. The van der Waals surface area contributed by atoms with Crippen molar-refractivity contribution < 1.29 is 24.5 Å². The van der Waals surface area contributed by atoms with Gasteiger partial charge in [-0.05, 0) is 23.6 Å². The number of methoxy groups -OCH3 is 1. The smallest absolute Gasteiger partial charge is 0.335 e. The summed E-state index contributed by atoms with van der Waals surface area (Å²) < 4.78 is 5.19. The predicted octanol–water partition coefficient (Wildman–Crippen LogP) is 1.63. The molecule has 1 aromatic rings. The minimum atomic E-state index is -1.70. The lowest BCUT2D eigenvalue weighted by molar-refractivity contribution is -0.165. The zero-order chi connectivity index (χ0) is 17.0. The molecule has 1 atom stereocenters. The van der Waals surface area contributed by atoms with Gasteiger partial charge in [-0.3, -0.25) is 4.79 Å². The first kappa shape index (κ1) is 17.3. The van der Waals surface area contributed by atoms with E-state index in [-0.39, 0.29) is 37.8 Å². The first-order valence-electron chi connectivity index (χ1n) is 7.73. The van der Waals surface area contributed by atoms with E-state index in [2.05, 4.69) is 0 Å². The summed E-state index contributed by atoms with van der Waals surface area (Å²) in [6, 6.07) is 7.62. The molecule has 23 heavy (non-hydrogen) atoms. The fraction of sp³-hybridized carbons (Fsp3) is 0.529. The van der Waals surface area contributed by atoms with Crippen molar-refractivity contribution in [2.45, 2.75) is 37.7 Å². The molecule has 0 radical (unpaired) electrons. The Morgan fingerprint density at radius 2 is 2.00 bits per heavy atom. The van der Waals surface area contributed by atoms with Crippen molar-refractivity contribution in [2.75, 3.05) is 20.2 Å². The molecule has 0 saturated carbocycles. The zero-order valence-electron chi connectivity index (χ0n) is 13.5. The van der Waals surface area contributed by atoms with Crippen LogP contribution in [0.2, 0.25) is 0 Å². The van der Waals surface area contributed by atoms with Gasteiger partial charge in [0.25, 0.3) is 0 Å². The van der Waals surface area contributed by atoms with E-state index in [9.17, 15) is 14.7 Å². The highest BCUT2D eigenvalue weighted by molar-refractivity contribution is 5.80. The minimum Gasteiger partial charge on any atom is -0.497 e. The topological polar surface area (TPSA) is 87.1 Å². The Labute approximate surface area is 135 Å². The summed E-state index contributed by atoms with van der Waals surface area (Å²) in [6.45, 7) is 2.52. The quantitative estimate of drug-likeness (QED) is 0.860. The summed E-state index contributed by atoms with van der Waals surface area (Å²) >= 11 is 0. The second-order valence-electron chi connectivity index (χ2n) is 6.10. The fourth-order valence-electron chi connectivity index (χ4n) is 2.80. The average molecular weight is 321 g/mol. The standard InChI is InChI=1S/C17H23NO5/c1-12(13-4-3-5-14(11-13)23-2)10-15(19)18-8-6-17(22,7-9-18)16(20)21/h3-5,11-12,22H,6-10H2,1-2H3,(H,20,21). The normalized spacial score (nSPS) is 18.3. The third-order valence-electron chi connectivity index (χ3n) is 4.49. The number of nitrogens with zero attached hydrogens (tertiary/aromatic N) is 1. The highest BCUT2D eigenvalue weighted by atomic mass is 16.5. The van der Waals surface area contributed by atoms with Crippen molar-refractivity contribution in [3.63, 3.8) is 0 Å². The Morgan fingerprint density at radius 3 is 2.57 bits per heavy atom. The number of amides is 1. The molecule has 2 rings (SSSR count). The molecule has 1 unspecified atom stereocenters. The van der Waals surface area contributed by atoms with E-state index >= 15 is 0 Å². The maximum absolute atomic E-state index is 12.4. The average Bonchev–Trinajstić information content (AvgIpc) is 2.55. The van der Waals surface area contributed by atoms with Crippen molar-refractivity contribution in [3.05, 3.63) is 29.8 Å². The third kappa shape index (κ3) is 4.01. The molecule has 1 aliphatic heterocycles. The Kier molecular flexibility index (Phi) is 5.26. The molecule has 1 amide bonds. The zero-order valence-corrected chi connectivity index (χ0v) is 13.5. The number of carbonyl (C=O) groups excluding carboxylic acids is 1. The predicted molar refractivity (Wildman–Crippen MR) is 84.4 cm³/mol. The van der Waals surface area contributed by atoms with Gasteiger partial charge < -0.3 is 19.8 Å². The largest absolute Gasteiger partial charge is 0.497 e. The first-order valence-corrected chi connectivity index (χ1v) is 7.73. The molecule has 1 aromatic carbocycles. The lowest BCUT2D eigenvalue weighted by Gasteiger charge is -2.35. The molecule has 0 bridgehead atoms. The van der Waals surface area contributed by atoms with Crippen molar-refractivity contribution in [1.82, 2.24) is 4.90 Å². The van der Waals surface area contributed by atoms with Crippen LogP contribution in [0.4, 0.5) is 0 Å². The molecule has 1 heterocycles. The minimum absolute atomic E-state index is 0.0206. The first-order chi connectivity index (χ1) is 10.9. The van der Waals surface area contributed by atoms with Gasteiger partial charge in [-0.2, -0.15) is 0 Å². The van der Waals surface area contributed by atoms with Crippen LogP contribution in [0.15, 0.2) is 24.3 Å². The third-order valence-corrected chi connectivity index (χ3v) is 4.49. The lowest BCUT2D eigenvalue weighted by Crippen LogP contribution is -2.50. The molecule has 0 spiro atoms. The number of carboxylic acid groups (broad SMARTS) is 1. The SMILES string of the molecule is COc1cccc(C(C)CC(=O)N2CCC(O)(C(=O)O)CC2)c1. The Morgan fingerprint density at radius 1 is 1.35 bits per heavy atom. The van der Waals surface area contributed by atoms with Gasteiger partial charge in [-0.1, -0.05) is 19.1 Å². The van der Waals surface area contributed by atoms with E-state index < -0.39 is 11.6 Å². The molecule has 1 saturated heterocycles. The van der Waals surface area contributed by atoms with Crippen LogP contribution in [0.3, 0.4) is 0 Å². The molecular formula is C17H23NO5. The Bertz CT molecular complexity index is 578. The molecule has 126 valence electrons. The van der Waals surface area contributed by atoms with Crippen LogP contribution in [-0.2, 0) is 9.59 Å². The Balaban J connectivity index is 1.93. The highest BCUT2D eigenvalue weighted by Crippen LogP contribution is 2.26. The molecule has 0 aliphatic carbocycles. The summed E-state index contributed by atoms with van der Waals surface area (Å²) in [5, 5.41) is 18.9. The number of benzene rings is 1. The van der Waals surface area contributed by atoms with Crippen LogP contribution in [0.1, 0.15) is 37.7 Å². The highest BCUT2D eigenvalue weighted by Gasteiger charge is 2.40. The second kappa shape index (κ2) is 7.00. The molecule has 6 nitrogen and oxygen atoms in total. The number of hydrogen-bond acceptors (Lipinski definition) is 4. The van der Waals surface area contributed by atoms with Crippen LogP contribution in [0.25, 0.3) is 0 Å². The summed E-state index contributed by atoms with van der Waals surface area (Å²) in [5.74, 6) is -0.439. The summed E-state index contributed by atoms with van der Waals surface area (Å²) in [5.41, 5.74) is -0.674. The van der Waals surface area contributed by atoms with E-state index in [1.165, 1.54) is 0 Å². The maximum atomic E-state index is 12.4. The van der Waals surface area contributed by atoms with E-state index in [1.54, 1.807) is 12.0 Å². The summed E-state index contributed by atoms with van der Waals surface area (Å²) in [6.07, 6.45) is 0.488. The molecule has 2 N–H and O–H groups in total. The van der Waals surface area contributed by atoms with Gasteiger partial charge in [0.05, 0.1) is 7.11 Å². The van der Waals surface area contributed by atoms with Gasteiger partial charge in [0, 0.05) is 32.4 Å². The lowest BCUT2D eigenvalue weighted by atomic mass is 9.90. The van der Waals surface area contributed by atoms with Crippen molar-refractivity contribution in [3.8, 4) is 5.75 Å². The summed E-state index contributed by atoms with van der Waals surface area (Å²) in [7, 11) is 1.60. The van der Waals surface area contributed by atoms with Gasteiger partial charge >= 0.3 is 5.97 Å². The van der Waals surface area contributed by atoms with E-state index in [0.29, 0.717) is 6.42 Å². The van der Waals surface area contributed by atoms with Crippen molar-refractivity contribution in [2.24, 2.45) is 0 Å². The van der Waals surface area contributed by atoms with Crippen LogP contribution in [0.5, 0.6) is 5.75 Å². The van der Waals surface area contributed by atoms with Crippen molar-refractivity contribution in [1.29, 1.82) is 0 Å². The van der Waals surface area contributed by atoms with Gasteiger partial charge in [0.2, 0.25) is 5.91 Å². The maximum Gasteiger partial charge on any atom is 0.335 e. The number of aliphatic hydroxyl groups is 1. The van der Waals surface area contributed by atoms with Gasteiger partial charge in [-0.25, -0.2) is 4.79 Å². The van der Waals surface area contributed by atoms with E-state index in [1.807, 2.05) is 31.2 Å². The van der Waals surface area contributed by atoms with Gasteiger partial charge in [0.15, 0.2) is 5.60 Å². The fourth-order valence-corrected chi connectivity index (χ4v) is 2.80. The number of carbonyl (C=O) groups is 2. The monoisotopic (exact) mass is 321 g/mol. The number of piperidine rings is 1. The Hall–Kier alpha value is -2.08. The molecule has 6 heteroatoms.